The van der Waals surface area contributed by atoms with Crippen molar-refractivity contribution in [3.05, 3.63) is 30.3 Å². The normalized spacial score (nSPS) is 23.0. The lowest BCUT2D eigenvalue weighted by atomic mass is 9.86. The first-order valence-electron chi connectivity index (χ1n) is 6.22. The number of carbonyl (C=O) groups is 1. The van der Waals surface area contributed by atoms with Gasteiger partial charge in [0.15, 0.2) is 0 Å². The third-order valence-electron chi connectivity index (χ3n) is 3.57. The van der Waals surface area contributed by atoms with Gasteiger partial charge >= 0.3 is 0 Å². The lowest BCUT2D eigenvalue weighted by Gasteiger charge is -2.31. The molecule has 1 saturated heterocycles. The highest BCUT2D eigenvalue weighted by atomic mass is 16.5. The maximum atomic E-state index is 12.7. The molecule has 1 aliphatic heterocycles. The molecule has 98 valence electrons. The maximum absolute atomic E-state index is 12.7. The van der Waals surface area contributed by atoms with Gasteiger partial charge in [0, 0.05) is 26.4 Å². The summed E-state index contributed by atoms with van der Waals surface area (Å²) in [5, 5.41) is 3.26. The quantitative estimate of drug-likeness (QED) is 0.872. The van der Waals surface area contributed by atoms with Crippen LogP contribution in [0.4, 0.5) is 5.69 Å². The predicted octanol–water partition coefficient (Wildman–Crippen LogP) is 1.28. The van der Waals surface area contributed by atoms with Crippen LogP contribution in [-0.2, 0) is 9.53 Å². The van der Waals surface area contributed by atoms with Crippen LogP contribution in [0.5, 0.6) is 0 Å². The molecule has 4 nitrogen and oxygen atoms in total. The number of anilines is 1. The first kappa shape index (κ1) is 13.1. The fourth-order valence-electron chi connectivity index (χ4n) is 2.51. The molecule has 1 aromatic carbocycles. The first-order valence-corrected chi connectivity index (χ1v) is 6.22. The number of ether oxygens (including phenoxy) is 1. The summed E-state index contributed by atoms with van der Waals surface area (Å²) in [5.74, 6) is 0.126. The minimum atomic E-state index is -0.417. The van der Waals surface area contributed by atoms with Crippen molar-refractivity contribution in [1.82, 2.24) is 5.32 Å². The number of amides is 1. The topological polar surface area (TPSA) is 41.6 Å². The monoisotopic (exact) mass is 248 g/mol. The molecule has 1 aromatic rings. The van der Waals surface area contributed by atoms with Gasteiger partial charge in [0.1, 0.15) is 0 Å². The van der Waals surface area contributed by atoms with Gasteiger partial charge in [0.05, 0.1) is 12.0 Å². The molecule has 1 heterocycles. The number of hydrogen-bond acceptors (Lipinski definition) is 3. The number of nitrogens with zero attached hydrogens (tertiary/aromatic N) is 1. The van der Waals surface area contributed by atoms with E-state index in [1.54, 1.807) is 12.0 Å². The Morgan fingerprint density at radius 1 is 1.44 bits per heavy atom. The van der Waals surface area contributed by atoms with Gasteiger partial charge in [0.25, 0.3) is 0 Å². The van der Waals surface area contributed by atoms with Gasteiger partial charge in [-0.15, -0.1) is 0 Å². The van der Waals surface area contributed by atoms with Gasteiger partial charge < -0.3 is 15.0 Å². The van der Waals surface area contributed by atoms with Crippen LogP contribution < -0.4 is 10.2 Å². The van der Waals surface area contributed by atoms with Crippen molar-refractivity contribution in [1.29, 1.82) is 0 Å². The third kappa shape index (κ3) is 2.40. The maximum Gasteiger partial charge on any atom is 0.236 e. The second-order valence-electron chi connectivity index (χ2n) is 4.84. The van der Waals surface area contributed by atoms with Crippen LogP contribution in [-0.4, -0.2) is 39.8 Å². The Labute approximate surface area is 108 Å². The van der Waals surface area contributed by atoms with Gasteiger partial charge in [-0.05, 0) is 25.1 Å². The van der Waals surface area contributed by atoms with Gasteiger partial charge in [0.2, 0.25) is 5.91 Å². The van der Waals surface area contributed by atoms with Crippen LogP contribution in [0.15, 0.2) is 30.3 Å². The van der Waals surface area contributed by atoms with E-state index in [-0.39, 0.29) is 5.91 Å². The summed E-state index contributed by atoms with van der Waals surface area (Å²) < 4.78 is 5.25. The lowest BCUT2D eigenvalue weighted by Crippen LogP contribution is -2.46. The van der Waals surface area contributed by atoms with Crippen molar-refractivity contribution < 1.29 is 9.53 Å². The average molecular weight is 248 g/mol. The van der Waals surface area contributed by atoms with E-state index in [1.165, 1.54) is 0 Å². The Morgan fingerprint density at radius 3 is 2.72 bits per heavy atom. The van der Waals surface area contributed by atoms with Crippen molar-refractivity contribution in [3.8, 4) is 0 Å². The molecule has 1 aliphatic rings. The van der Waals surface area contributed by atoms with E-state index in [0.29, 0.717) is 13.2 Å². The first-order chi connectivity index (χ1) is 8.69. The summed E-state index contributed by atoms with van der Waals surface area (Å²) in [4.78, 5) is 14.4. The fourth-order valence-corrected chi connectivity index (χ4v) is 2.51. The van der Waals surface area contributed by atoms with Crippen molar-refractivity contribution in [2.24, 2.45) is 5.41 Å². The zero-order chi connectivity index (χ0) is 13.0. The predicted molar refractivity (Wildman–Crippen MR) is 71.6 cm³/mol. The average Bonchev–Trinajstić information content (AvgIpc) is 2.88. The Hall–Kier alpha value is -1.39. The van der Waals surface area contributed by atoms with Crippen LogP contribution in [0, 0.1) is 5.41 Å². The number of hydrogen-bond donors (Lipinski definition) is 1. The van der Waals surface area contributed by atoms with Crippen molar-refractivity contribution >= 4 is 11.6 Å². The van der Waals surface area contributed by atoms with Crippen molar-refractivity contribution in [2.75, 3.05) is 38.8 Å². The summed E-state index contributed by atoms with van der Waals surface area (Å²) in [7, 11) is 3.48. The van der Waals surface area contributed by atoms with Gasteiger partial charge in [-0.3, -0.25) is 4.79 Å². The Morgan fingerprint density at radius 2 is 2.17 bits per heavy atom. The number of methoxy groups -OCH3 is 1. The Bertz CT molecular complexity index is 400. The van der Waals surface area contributed by atoms with E-state index >= 15 is 0 Å². The number of carbonyl (C=O) groups excluding carboxylic acids is 1. The highest BCUT2D eigenvalue weighted by Gasteiger charge is 2.43. The summed E-state index contributed by atoms with van der Waals surface area (Å²) in [6.45, 7) is 2.03. The molecule has 0 saturated carbocycles. The number of benzene rings is 1. The molecule has 18 heavy (non-hydrogen) atoms. The van der Waals surface area contributed by atoms with Crippen LogP contribution in [0.3, 0.4) is 0 Å². The molecule has 1 fully saturated rings. The molecule has 0 radical (unpaired) electrons. The molecule has 0 bridgehead atoms. The van der Waals surface area contributed by atoms with Crippen molar-refractivity contribution in [2.45, 2.75) is 6.42 Å². The van der Waals surface area contributed by atoms with E-state index in [9.17, 15) is 4.79 Å². The smallest absolute Gasteiger partial charge is 0.236 e. The molecule has 1 atom stereocenters. The van der Waals surface area contributed by atoms with Crippen LogP contribution in [0.2, 0.25) is 0 Å². The highest BCUT2D eigenvalue weighted by Crippen LogP contribution is 2.30. The van der Waals surface area contributed by atoms with Gasteiger partial charge in [-0.2, -0.15) is 0 Å². The van der Waals surface area contributed by atoms with Crippen LogP contribution >= 0.6 is 0 Å². The number of rotatable bonds is 4. The minimum Gasteiger partial charge on any atom is -0.384 e. The molecule has 0 aromatic heterocycles. The van der Waals surface area contributed by atoms with E-state index < -0.39 is 5.41 Å². The standard InChI is InChI=1S/C14H20N2O2/c1-16(12-6-4-3-5-7-12)13(17)14(11-18-2)8-9-15-10-14/h3-7,15H,8-11H2,1-2H3. The number of para-hydroxylation sites is 1. The molecule has 4 heteroatoms. The fraction of sp³-hybridized carbons (Fsp3) is 0.500. The summed E-state index contributed by atoms with van der Waals surface area (Å²) in [6, 6.07) is 9.72. The number of nitrogens with one attached hydrogen (secondary N) is 1. The van der Waals surface area contributed by atoms with Crippen LogP contribution in [0.25, 0.3) is 0 Å². The SMILES string of the molecule is COCC1(C(=O)N(C)c2ccccc2)CCNC1. The van der Waals surface area contributed by atoms with Gasteiger partial charge in [-0.25, -0.2) is 0 Å². The van der Waals surface area contributed by atoms with Crippen LogP contribution in [0.1, 0.15) is 6.42 Å². The zero-order valence-electron chi connectivity index (χ0n) is 11.0. The zero-order valence-corrected chi connectivity index (χ0v) is 11.0. The van der Waals surface area contributed by atoms with E-state index in [2.05, 4.69) is 5.32 Å². The molecular formula is C14H20N2O2. The largest absolute Gasteiger partial charge is 0.384 e. The molecule has 1 amide bonds. The molecular weight excluding hydrogens is 228 g/mol. The third-order valence-corrected chi connectivity index (χ3v) is 3.57. The molecule has 2 rings (SSSR count). The van der Waals surface area contributed by atoms with Crippen molar-refractivity contribution in [3.63, 3.8) is 0 Å². The molecule has 0 aliphatic carbocycles. The van der Waals surface area contributed by atoms with E-state index in [1.807, 2.05) is 37.4 Å². The summed E-state index contributed by atoms with van der Waals surface area (Å²) in [5.41, 5.74) is 0.504. The minimum absolute atomic E-state index is 0.126. The Balaban J connectivity index is 2.19. The van der Waals surface area contributed by atoms with E-state index in [4.69, 9.17) is 4.74 Å². The Kier molecular flexibility index (Phi) is 3.99. The molecule has 0 spiro atoms. The highest BCUT2D eigenvalue weighted by molar-refractivity contribution is 5.97. The second-order valence-corrected chi connectivity index (χ2v) is 4.84. The molecule has 1 N–H and O–H groups in total. The summed E-state index contributed by atoms with van der Waals surface area (Å²) in [6.07, 6.45) is 0.830. The molecule has 1 unspecified atom stereocenters. The van der Waals surface area contributed by atoms with E-state index in [0.717, 1.165) is 18.7 Å². The lowest BCUT2D eigenvalue weighted by molar-refractivity contribution is -0.129. The second kappa shape index (κ2) is 5.50. The van der Waals surface area contributed by atoms with Gasteiger partial charge in [-0.1, -0.05) is 18.2 Å². The summed E-state index contributed by atoms with van der Waals surface area (Å²) >= 11 is 0.